The Hall–Kier alpha value is -2.96. The molecule has 2 heterocycles. The molecule has 0 atom stereocenters. The molecule has 0 saturated carbocycles. The van der Waals surface area contributed by atoms with Crippen LogP contribution in [0.3, 0.4) is 0 Å². The predicted octanol–water partition coefficient (Wildman–Crippen LogP) is 2.09. The van der Waals surface area contributed by atoms with Crippen molar-refractivity contribution < 1.29 is 9.53 Å². The van der Waals surface area contributed by atoms with Crippen molar-refractivity contribution in [2.75, 3.05) is 12.4 Å². The van der Waals surface area contributed by atoms with Crippen LogP contribution in [0.15, 0.2) is 36.7 Å². The number of ether oxygens (including phenoxy) is 1. The quantitative estimate of drug-likeness (QED) is 0.727. The van der Waals surface area contributed by atoms with Gasteiger partial charge in [0.05, 0.1) is 24.1 Å². The fourth-order valence-electron chi connectivity index (χ4n) is 2.26. The van der Waals surface area contributed by atoms with Gasteiger partial charge in [0.1, 0.15) is 6.33 Å². The average molecular weight is 311 g/mol. The maximum atomic E-state index is 11.4. The summed E-state index contributed by atoms with van der Waals surface area (Å²) in [5.74, 6) is -0.337. The van der Waals surface area contributed by atoms with Gasteiger partial charge in [0, 0.05) is 6.54 Å². The smallest absolute Gasteiger partial charge is 0.337 e. The molecule has 3 rings (SSSR count). The minimum atomic E-state index is -0.337. The van der Waals surface area contributed by atoms with Crippen LogP contribution in [0, 0.1) is 0 Å². The Morgan fingerprint density at radius 1 is 1.30 bits per heavy atom. The molecular weight excluding hydrogens is 294 g/mol. The SMILES string of the molecule is CCc1cc(NCc2ccc(C(=O)OC)cc2)c2nncn2n1. The first-order valence-electron chi connectivity index (χ1n) is 7.32. The molecule has 0 aliphatic rings. The van der Waals surface area contributed by atoms with Crippen LogP contribution < -0.4 is 5.32 Å². The number of esters is 1. The lowest BCUT2D eigenvalue weighted by Gasteiger charge is -2.09. The molecule has 0 aliphatic carbocycles. The summed E-state index contributed by atoms with van der Waals surface area (Å²) in [6.45, 7) is 2.66. The lowest BCUT2D eigenvalue weighted by Crippen LogP contribution is -2.06. The van der Waals surface area contributed by atoms with Gasteiger partial charge in [0.2, 0.25) is 5.65 Å². The third-order valence-electron chi connectivity index (χ3n) is 3.54. The van der Waals surface area contributed by atoms with Crippen molar-refractivity contribution in [3.8, 4) is 0 Å². The number of carbonyl (C=O) groups is 1. The number of aryl methyl sites for hydroxylation is 1. The Bertz CT molecular complexity index is 826. The number of hydrogen-bond acceptors (Lipinski definition) is 6. The van der Waals surface area contributed by atoms with Gasteiger partial charge in [0.25, 0.3) is 0 Å². The topological polar surface area (TPSA) is 81.4 Å². The summed E-state index contributed by atoms with van der Waals surface area (Å²) in [4.78, 5) is 11.4. The molecule has 3 aromatic rings. The van der Waals surface area contributed by atoms with Gasteiger partial charge >= 0.3 is 5.97 Å². The highest BCUT2D eigenvalue weighted by molar-refractivity contribution is 5.89. The van der Waals surface area contributed by atoms with E-state index in [4.69, 9.17) is 4.74 Å². The molecule has 0 amide bonds. The maximum Gasteiger partial charge on any atom is 0.337 e. The summed E-state index contributed by atoms with van der Waals surface area (Å²) in [6.07, 6.45) is 2.42. The summed E-state index contributed by atoms with van der Waals surface area (Å²) in [5, 5.41) is 15.7. The van der Waals surface area contributed by atoms with E-state index < -0.39 is 0 Å². The van der Waals surface area contributed by atoms with Gasteiger partial charge in [-0.3, -0.25) is 0 Å². The molecule has 0 radical (unpaired) electrons. The number of hydrogen-bond donors (Lipinski definition) is 1. The predicted molar refractivity (Wildman–Crippen MR) is 85.3 cm³/mol. The first kappa shape index (κ1) is 15.0. The van der Waals surface area contributed by atoms with Gasteiger partial charge in [-0.15, -0.1) is 10.2 Å². The van der Waals surface area contributed by atoms with E-state index in [0.717, 1.165) is 23.4 Å². The van der Waals surface area contributed by atoms with Gasteiger partial charge in [-0.05, 0) is 30.2 Å². The van der Waals surface area contributed by atoms with Crippen molar-refractivity contribution in [3.05, 3.63) is 53.5 Å². The Morgan fingerprint density at radius 3 is 2.78 bits per heavy atom. The molecule has 0 unspecified atom stereocenters. The Balaban J connectivity index is 1.78. The van der Waals surface area contributed by atoms with Crippen LogP contribution in [0.5, 0.6) is 0 Å². The molecule has 0 spiro atoms. The van der Waals surface area contributed by atoms with Crippen LogP contribution in [-0.2, 0) is 17.7 Å². The number of carbonyl (C=O) groups excluding carboxylic acids is 1. The zero-order valence-electron chi connectivity index (χ0n) is 13.0. The van der Waals surface area contributed by atoms with E-state index in [2.05, 4.69) is 20.6 Å². The van der Waals surface area contributed by atoms with E-state index in [1.165, 1.54) is 7.11 Å². The summed E-state index contributed by atoms with van der Waals surface area (Å²) in [5.41, 5.74) is 4.11. The highest BCUT2D eigenvalue weighted by Crippen LogP contribution is 2.17. The number of fused-ring (bicyclic) bond motifs is 1. The van der Waals surface area contributed by atoms with E-state index in [9.17, 15) is 4.79 Å². The van der Waals surface area contributed by atoms with Crippen LogP contribution >= 0.6 is 0 Å². The summed E-state index contributed by atoms with van der Waals surface area (Å²) >= 11 is 0. The second-order valence-corrected chi connectivity index (χ2v) is 5.04. The molecule has 1 aromatic carbocycles. The zero-order chi connectivity index (χ0) is 16.2. The first-order chi connectivity index (χ1) is 11.2. The molecule has 0 fully saturated rings. The monoisotopic (exact) mass is 311 g/mol. The lowest BCUT2D eigenvalue weighted by atomic mass is 10.1. The number of rotatable bonds is 5. The summed E-state index contributed by atoms with van der Waals surface area (Å²) in [7, 11) is 1.37. The standard InChI is InChI=1S/C16H17N5O2/c1-3-13-8-14(15-19-18-10-21(15)20-13)17-9-11-4-6-12(7-5-11)16(22)23-2/h4-8,10,17H,3,9H2,1-2H3. The fraction of sp³-hybridized carbons (Fsp3) is 0.250. The summed E-state index contributed by atoms with van der Waals surface area (Å²) < 4.78 is 6.36. The Labute approximate surface area is 133 Å². The number of methoxy groups -OCH3 is 1. The molecule has 7 heteroatoms. The molecule has 118 valence electrons. The van der Waals surface area contributed by atoms with Gasteiger partial charge in [0.15, 0.2) is 0 Å². The maximum absolute atomic E-state index is 11.4. The molecule has 23 heavy (non-hydrogen) atoms. The largest absolute Gasteiger partial charge is 0.465 e. The number of anilines is 1. The Morgan fingerprint density at radius 2 is 2.09 bits per heavy atom. The summed E-state index contributed by atoms with van der Waals surface area (Å²) in [6, 6.07) is 9.26. The number of nitrogens with zero attached hydrogens (tertiary/aromatic N) is 4. The van der Waals surface area contributed by atoms with Crippen LogP contribution in [0.4, 0.5) is 5.69 Å². The molecule has 0 bridgehead atoms. The van der Waals surface area contributed by atoms with Crippen molar-refractivity contribution in [3.63, 3.8) is 0 Å². The van der Waals surface area contributed by atoms with Gasteiger partial charge in [-0.1, -0.05) is 19.1 Å². The number of benzene rings is 1. The van der Waals surface area contributed by atoms with E-state index in [1.807, 2.05) is 25.1 Å². The molecule has 0 saturated heterocycles. The minimum Gasteiger partial charge on any atom is -0.465 e. The van der Waals surface area contributed by atoms with E-state index in [0.29, 0.717) is 17.8 Å². The third kappa shape index (κ3) is 3.13. The van der Waals surface area contributed by atoms with E-state index in [-0.39, 0.29) is 5.97 Å². The number of aromatic nitrogens is 4. The minimum absolute atomic E-state index is 0.337. The van der Waals surface area contributed by atoms with Crippen molar-refractivity contribution >= 4 is 17.3 Å². The molecule has 0 aliphatic heterocycles. The second kappa shape index (κ2) is 6.43. The van der Waals surface area contributed by atoms with Crippen LogP contribution in [0.2, 0.25) is 0 Å². The molecular formula is C16H17N5O2. The normalized spacial score (nSPS) is 10.7. The molecule has 1 N–H and O–H groups in total. The van der Waals surface area contributed by atoms with Crippen LogP contribution in [-0.4, -0.2) is 32.9 Å². The van der Waals surface area contributed by atoms with Crippen molar-refractivity contribution in [2.45, 2.75) is 19.9 Å². The van der Waals surface area contributed by atoms with Crippen molar-refractivity contribution in [2.24, 2.45) is 0 Å². The molecule has 7 nitrogen and oxygen atoms in total. The third-order valence-corrected chi connectivity index (χ3v) is 3.54. The number of nitrogens with one attached hydrogen (secondary N) is 1. The molecule has 2 aromatic heterocycles. The first-order valence-corrected chi connectivity index (χ1v) is 7.32. The highest BCUT2D eigenvalue weighted by Gasteiger charge is 2.08. The van der Waals surface area contributed by atoms with Gasteiger partial charge in [-0.25, -0.2) is 4.79 Å². The van der Waals surface area contributed by atoms with Crippen LogP contribution in [0.25, 0.3) is 5.65 Å². The van der Waals surface area contributed by atoms with E-state index >= 15 is 0 Å². The lowest BCUT2D eigenvalue weighted by molar-refractivity contribution is 0.0600. The van der Waals surface area contributed by atoms with Crippen molar-refractivity contribution in [1.82, 2.24) is 19.8 Å². The van der Waals surface area contributed by atoms with Gasteiger partial charge < -0.3 is 10.1 Å². The Kier molecular flexibility index (Phi) is 4.18. The van der Waals surface area contributed by atoms with Crippen molar-refractivity contribution in [1.29, 1.82) is 0 Å². The van der Waals surface area contributed by atoms with Gasteiger partial charge in [-0.2, -0.15) is 9.61 Å². The zero-order valence-corrected chi connectivity index (χ0v) is 13.0. The highest BCUT2D eigenvalue weighted by atomic mass is 16.5. The average Bonchev–Trinajstić information content (AvgIpc) is 3.07. The fourth-order valence-corrected chi connectivity index (χ4v) is 2.26. The van der Waals surface area contributed by atoms with Crippen LogP contribution in [0.1, 0.15) is 28.5 Å². The second-order valence-electron chi connectivity index (χ2n) is 5.04. The van der Waals surface area contributed by atoms with E-state index in [1.54, 1.807) is 23.0 Å².